The van der Waals surface area contributed by atoms with Crippen LogP contribution in [0.4, 0.5) is 10.1 Å². The van der Waals surface area contributed by atoms with Gasteiger partial charge in [-0.25, -0.2) is 4.39 Å². The number of hydrogen-bond donors (Lipinski definition) is 2. The summed E-state index contributed by atoms with van der Waals surface area (Å²) in [5.41, 5.74) is 2.57. The van der Waals surface area contributed by atoms with E-state index in [1.165, 1.54) is 6.07 Å². The van der Waals surface area contributed by atoms with Gasteiger partial charge in [0.15, 0.2) is 0 Å². The van der Waals surface area contributed by atoms with Gasteiger partial charge in [-0.2, -0.15) is 0 Å². The highest BCUT2D eigenvalue weighted by atomic mass is 79.9. The van der Waals surface area contributed by atoms with Gasteiger partial charge in [0.25, 0.3) is 0 Å². The molecule has 2 aromatic carbocycles. The Labute approximate surface area is 114 Å². The van der Waals surface area contributed by atoms with E-state index in [0.29, 0.717) is 11.0 Å². The first-order chi connectivity index (χ1) is 8.56. The van der Waals surface area contributed by atoms with Crippen molar-refractivity contribution >= 4 is 21.6 Å². The molecule has 0 amide bonds. The van der Waals surface area contributed by atoms with Crippen LogP contribution in [0.25, 0.3) is 0 Å². The number of benzene rings is 2. The highest BCUT2D eigenvalue weighted by Gasteiger charge is 2.01. The average molecular weight is 310 g/mol. The molecule has 0 heterocycles. The summed E-state index contributed by atoms with van der Waals surface area (Å²) in [6, 6.07) is 10.3. The van der Waals surface area contributed by atoms with Crippen LogP contribution < -0.4 is 5.32 Å². The molecular weight excluding hydrogens is 297 g/mol. The van der Waals surface area contributed by atoms with E-state index < -0.39 is 0 Å². The van der Waals surface area contributed by atoms with Gasteiger partial charge in [-0.05, 0) is 64.3 Å². The lowest BCUT2D eigenvalue weighted by Crippen LogP contribution is -2.00. The maximum Gasteiger partial charge on any atom is 0.137 e. The lowest BCUT2D eigenvalue weighted by Gasteiger charge is -2.08. The van der Waals surface area contributed by atoms with Gasteiger partial charge in [0.1, 0.15) is 11.6 Å². The summed E-state index contributed by atoms with van der Waals surface area (Å²) in [7, 11) is 0. The Kier molecular flexibility index (Phi) is 3.87. The van der Waals surface area contributed by atoms with Gasteiger partial charge < -0.3 is 10.4 Å². The summed E-state index contributed by atoms with van der Waals surface area (Å²) in [6.07, 6.45) is 0. The van der Waals surface area contributed by atoms with Crippen LogP contribution in [0.3, 0.4) is 0 Å². The summed E-state index contributed by atoms with van der Waals surface area (Å²) in [4.78, 5) is 0. The lowest BCUT2D eigenvalue weighted by atomic mass is 10.2. The predicted molar refractivity (Wildman–Crippen MR) is 74.3 cm³/mol. The number of anilines is 1. The van der Waals surface area contributed by atoms with E-state index in [4.69, 9.17) is 0 Å². The molecule has 2 rings (SSSR count). The molecule has 94 valence electrons. The molecule has 0 fully saturated rings. The van der Waals surface area contributed by atoms with Crippen LogP contribution in [0.2, 0.25) is 0 Å². The van der Waals surface area contributed by atoms with E-state index in [1.54, 1.807) is 18.2 Å². The molecule has 0 spiro atoms. The molecule has 2 nitrogen and oxygen atoms in total. The molecule has 0 atom stereocenters. The zero-order valence-corrected chi connectivity index (χ0v) is 11.5. The first-order valence-electron chi connectivity index (χ1n) is 5.53. The Hall–Kier alpha value is -1.55. The van der Waals surface area contributed by atoms with Crippen LogP contribution in [0.5, 0.6) is 5.75 Å². The molecular formula is C14H13BrFNO. The fraction of sp³-hybridized carbons (Fsp3) is 0.143. The number of halogens is 2. The largest absolute Gasteiger partial charge is 0.508 e. The molecule has 0 aliphatic rings. The SMILES string of the molecule is Cc1cc(NCc2ccc(Br)c(F)c2)ccc1O. The maximum atomic E-state index is 13.3. The Bertz CT molecular complexity index is 520. The topological polar surface area (TPSA) is 32.3 Å². The van der Waals surface area contributed by atoms with Crippen molar-refractivity contribution in [3.63, 3.8) is 0 Å². The highest BCUT2D eigenvalue weighted by Crippen LogP contribution is 2.21. The first-order valence-corrected chi connectivity index (χ1v) is 6.33. The number of phenolic OH excluding ortho intramolecular Hbond substituents is 1. The molecule has 0 unspecified atom stereocenters. The van der Waals surface area contributed by atoms with Gasteiger partial charge in [-0.3, -0.25) is 0 Å². The van der Waals surface area contributed by atoms with Gasteiger partial charge in [0.2, 0.25) is 0 Å². The summed E-state index contributed by atoms with van der Waals surface area (Å²) in [5.74, 6) is 0.00595. The number of aromatic hydroxyl groups is 1. The van der Waals surface area contributed by atoms with Gasteiger partial charge in [-0.15, -0.1) is 0 Å². The third-order valence-electron chi connectivity index (χ3n) is 2.68. The molecule has 0 bridgehead atoms. The fourth-order valence-corrected chi connectivity index (χ4v) is 1.87. The van der Waals surface area contributed by atoms with Crippen molar-refractivity contribution in [1.29, 1.82) is 0 Å². The van der Waals surface area contributed by atoms with Crippen LogP contribution >= 0.6 is 15.9 Å². The third-order valence-corrected chi connectivity index (χ3v) is 3.32. The Morgan fingerprint density at radius 1 is 1.22 bits per heavy atom. The second kappa shape index (κ2) is 5.40. The van der Waals surface area contributed by atoms with Crippen molar-refractivity contribution in [3.8, 4) is 5.75 Å². The normalized spacial score (nSPS) is 10.4. The number of nitrogens with one attached hydrogen (secondary N) is 1. The molecule has 2 aromatic rings. The van der Waals surface area contributed by atoms with Crippen LogP contribution in [0.1, 0.15) is 11.1 Å². The molecule has 0 aliphatic carbocycles. The second-order valence-electron chi connectivity index (χ2n) is 4.10. The number of phenols is 1. The fourth-order valence-electron chi connectivity index (χ4n) is 1.62. The molecule has 0 aromatic heterocycles. The van der Waals surface area contributed by atoms with E-state index in [0.717, 1.165) is 16.8 Å². The van der Waals surface area contributed by atoms with Gasteiger partial charge in [0.05, 0.1) is 4.47 Å². The van der Waals surface area contributed by atoms with Crippen molar-refractivity contribution in [2.75, 3.05) is 5.32 Å². The average Bonchev–Trinajstić information content (AvgIpc) is 2.35. The van der Waals surface area contributed by atoms with Crippen LogP contribution in [0.15, 0.2) is 40.9 Å². The minimum atomic E-state index is -0.267. The molecule has 18 heavy (non-hydrogen) atoms. The Morgan fingerprint density at radius 2 is 2.00 bits per heavy atom. The number of rotatable bonds is 3. The van der Waals surface area contributed by atoms with Gasteiger partial charge >= 0.3 is 0 Å². The van der Waals surface area contributed by atoms with E-state index in [-0.39, 0.29) is 11.6 Å². The standard InChI is InChI=1S/C14H13BrFNO/c1-9-6-11(3-5-14(9)18)17-8-10-2-4-12(15)13(16)7-10/h2-7,17-18H,8H2,1H3. The summed E-state index contributed by atoms with van der Waals surface area (Å²) in [6.45, 7) is 2.37. The Morgan fingerprint density at radius 3 is 2.67 bits per heavy atom. The molecule has 0 aliphatic heterocycles. The minimum absolute atomic E-state index is 0.267. The summed E-state index contributed by atoms with van der Waals surface area (Å²) >= 11 is 3.12. The molecule has 4 heteroatoms. The zero-order chi connectivity index (χ0) is 13.1. The summed E-state index contributed by atoms with van der Waals surface area (Å²) in [5, 5.41) is 12.6. The molecule has 2 N–H and O–H groups in total. The van der Waals surface area contributed by atoms with Gasteiger partial charge in [0, 0.05) is 12.2 Å². The molecule has 0 saturated carbocycles. The van der Waals surface area contributed by atoms with Crippen molar-refractivity contribution in [1.82, 2.24) is 0 Å². The van der Waals surface area contributed by atoms with E-state index >= 15 is 0 Å². The van der Waals surface area contributed by atoms with Crippen LogP contribution in [-0.4, -0.2) is 5.11 Å². The molecule has 0 saturated heterocycles. The van der Waals surface area contributed by atoms with E-state index in [1.807, 2.05) is 19.1 Å². The van der Waals surface area contributed by atoms with Crippen LogP contribution in [0, 0.1) is 12.7 Å². The first kappa shape index (κ1) is 12.9. The minimum Gasteiger partial charge on any atom is -0.508 e. The summed E-state index contributed by atoms with van der Waals surface area (Å²) < 4.78 is 13.8. The second-order valence-corrected chi connectivity index (χ2v) is 4.96. The highest BCUT2D eigenvalue weighted by molar-refractivity contribution is 9.10. The van der Waals surface area contributed by atoms with Crippen molar-refractivity contribution in [2.24, 2.45) is 0 Å². The smallest absolute Gasteiger partial charge is 0.137 e. The monoisotopic (exact) mass is 309 g/mol. The van der Waals surface area contributed by atoms with E-state index in [2.05, 4.69) is 21.2 Å². The lowest BCUT2D eigenvalue weighted by molar-refractivity contribution is 0.471. The van der Waals surface area contributed by atoms with Crippen molar-refractivity contribution in [3.05, 3.63) is 57.8 Å². The predicted octanol–water partition coefficient (Wildman–Crippen LogP) is 4.21. The van der Waals surface area contributed by atoms with Crippen molar-refractivity contribution in [2.45, 2.75) is 13.5 Å². The maximum absolute atomic E-state index is 13.3. The number of aryl methyl sites for hydroxylation is 1. The third kappa shape index (κ3) is 3.01. The van der Waals surface area contributed by atoms with Crippen molar-refractivity contribution < 1.29 is 9.50 Å². The quantitative estimate of drug-likeness (QED) is 0.832. The zero-order valence-electron chi connectivity index (χ0n) is 9.87. The van der Waals surface area contributed by atoms with Crippen LogP contribution in [-0.2, 0) is 6.54 Å². The Balaban J connectivity index is 2.06. The number of hydrogen-bond acceptors (Lipinski definition) is 2. The molecule has 0 radical (unpaired) electrons. The van der Waals surface area contributed by atoms with Gasteiger partial charge in [-0.1, -0.05) is 6.07 Å². The van der Waals surface area contributed by atoms with E-state index in [9.17, 15) is 9.50 Å².